The van der Waals surface area contributed by atoms with Crippen molar-refractivity contribution in [2.75, 3.05) is 5.73 Å². The Morgan fingerprint density at radius 2 is 1.79 bits per heavy atom. The Hall–Kier alpha value is -3.28. The van der Waals surface area contributed by atoms with Gasteiger partial charge in [0.05, 0.1) is 0 Å². The number of rotatable bonds is 7. The zero-order valence-electron chi connectivity index (χ0n) is 19.7. The number of halogens is 1. The van der Waals surface area contributed by atoms with E-state index in [4.69, 9.17) is 5.73 Å². The number of fused-ring (bicyclic) bond motifs is 1. The van der Waals surface area contributed by atoms with Gasteiger partial charge in [0.15, 0.2) is 0 Å². The van der Waals surface area contributed by atoms with Crippen molar-refractivity contribution >= 4 is 17.0 Å². The summed E-state index contributed by atoms with van der Waals surface area (Å²) < 4.78 is 15.0. The van der Waals surface area contributed by atoms with Crippen LogP contribution in [0.15, 0.2) is 54.6 Å². The zero-order valence-corrected chi connectivity index (χ0v) is 19.7. The molecule has 3 N–H and O–H groups in total. The molecule has 5 rings (SSSR count). The van der Waals surface area contributed by atoms with Crippen LogP contribution in [-0.4, -0.2) is 20.4 Å². The summed E-state index contributed by atoms with van der Waals surface area (Å²) in [6.07, 6.45) is 8.06. The summed E-state index contributed by atoms with van der Waals surface area (Å²) in [7, 11) is 0. The number of nitrogens with zero attached hydrogens (tertiary/aromatic N) is 3. The SMILES string of the molecule is Cc1ccc(F)c(C(CCCC2CCC(c3ccccc3)CC2)c2cc(N)nc3n[nH]nc23)c1. The zero-order chi connectivity index (χ0) is 23.5. The third-order valence-electron chi connectivity index (χ3n) is 7.47. The number of aromatic nitrogens is 4. The van der Waals surface area contributed by atoms with E-state index in [0.717, 1.165) is 36.3 Å². The lowest BCUT2D eigenvalue weighted by molar-refractivity contribution is 0.301. The van der Waals surface area contributed by atoms with Crippen molar-refractivity contribution in [2.24, 2.45) is 5.92 Å². The Morgan fingerprint density at radius 3 is 2.59 bits per heavy atom. The van der Waals surface area contributed by atoms with Gasteiger partial charge in [0.1, 0.15) is 17.2 Å². The van der Waals surface area contributed by atoms with Crippen LogP contribution in [0.4, 0.5) is 10.2 Å². The lowest BCUT2D eigenvalue weighted by Gasteiger charge is -2.29. The highest BCUT2D eigenvalue weighted by molar-refractivity contribution is 5.77. The summed E-state index contributed by atoms with van der Waals surface area (Å²) in [5, 5.41) is 11.1. The number of benzene rings is 2. The van der Waals surface area contributed by atoms with Gasteiger partial charge in [0.25, 0.3) is 0 Å². The highest BCUT2D eigenvalue weighted by Gasteiger charge is 2.25. The lowest BCUT2D eigenvalue weighted by atomic mass is 9.76. The number of aryl methyl sites for hydroxylation is 1. The van der Waals surface area contributed by atoms with Crippen LogP contribution in [0.25, 0.3) is 11.2 Å². The predicted molar refractivity (Wildman–Crippen MR) is 134 cm³/mol. The molecule has 0 amide bonds. The topological polar surface area (TPSA) is 80.5 Å². The van der Waals surface area contributed by atoms with Gasteiger partial charge in [-0.1, -0.05) is 60.9 Å². The van der Waals surface area contributed by atoms with E-state index in [1.165, 1.54) is 31.2 Å². The monoisotopic (exact) mass is 457 g/mol. The number of pyridine rings is 1. The van der Waals surface area contributed by atoms with Gasteiger partial charge in [0.2, 0.25) is 5.65 Å². The molecule has 2 heterocycles. The first kappa shape index (κ1) is 22.5. The van der Waals surface area contributed by atoms with E-state index in [1.807, 2.05) is 25.1 Å². The van der Waals surface area contributed by atoms with Crippen molar-refractivity contribution in [3.8, 4) is 0 Å². The van der Waals surface area contributed by atoms with Gasteiger partial charge in [0, 0.05) is 5.92 Å². The standard InChI is InChI=1S/C28H32FN5/c1-18-10-15-25(29)23(16-18)22(24-17-26(30)31-28-27(24)32-34-33-28)9-5-6-19-11-13-21(14-12-19)20-7-3-2-4-8-20/h2-4,7-8,10,15-17,19,21-22H,5-6,9,11-14H2,1H3,(H3,30,31,32,33,34). The largest absolute Gasteiger partial charge is 0.384 e. The fourth-order valence-corrected chi connectivity index (χ4v) is 5.67. The minimum absolute atomic E-state index is 0.140. The smallest absolute Gasteiger partial charge is 0.203 e. The van der Waals surface area contributed by atoms with Crippen molar-refractivity contribution in [3.63, 3.8) is 0 Å². The second kappa shape index (κ2) is 9.92. The maximum Gasteiger partial charge on any atom is 0.203 e. The van der Waals surface area contributed by atoms with Crippen molar-refractivity contribution in [1.82, 2.24) is 20.4 Å². The van der Waals surface area contributed by atoms with Gasteiger partial charge in [-0.3, -0.25) is 0 Å². The van der Waals surface area contributed by atoms with Crippen LogP contribution in [0.3, 0.4) is 0 Å². The van der Waals surface area contributed by atoms with Crippen LogP contribution in [0.2, 0.25) is 0 Å². The normalized spacial score (nSPS) is 19.4. The lowest BCUT2D eigenvalue weighted by Crippen LogP contribution is -2.14. The number of H-pyrrole nitrogens is 1. The van der Waals surface area contributed by atoms with Crippen LogP contribution < -0.4 is 5.73 Å². The highest BCUT2D eigenvalue weighted by atomic mass is 19.1. The number of nitrogen functional groups attached to an aromatic ring is 1. The molecule has 2 aromatic carbocycles. The number of aromatic amines is 1. The van der Waals surface area contributed by atoms with Gasteiger partial charge in [-0.05, 0) is 79.7 Å². The van der Waals surface area contributed by atoms with E-state index in [2.05, 4.69) is 50.7 Å². The first-order chi connectivity index (χ1) is 16.6. The molecule has 1 saturated carbocycles. The van der Waals surface area contributed by atoms with Gasteiger partial charge in [-0.2, -0.15) is 10.3 Å². The second-order valence-corrected chi connectivity index (χ2v) is 9.77. The van der Waals surface area contributed by atoms with Gasteiger partial charge >= 0.3 is 0 Å². The summed E-state index contributed by atoms with van der Waals surface area (Å²) >= 11 is 0. The van der Waals surface area contributed by atoms with E-state index in [1.54, 1.807) is 6.07 Å². The van der Waals surface area contributed by atoms with Gasteiger partial charge in [-0.25, -0.2) is 9.37 Å². The fraction of sp³-hybridized carbons (Fsp3) is 0.393. The third kappa shape index (κ3) is 4.81. The molecular weight excluding hydrogens is 425 g/mol. The maximum absolute atomic E-state index is 15.0. The van der Waals surface area contributed by atoms with Crippen molar-refractivity contribution in [3.05, 3.63) is 82.7 Å². The Bertz CT molecular complexity index is 1240. The summed E-state index contributed by atoms with van der Waals surface area (Å²) in [5.74, 6) is 1.47. The number of hydrogen-bond donors (Lipinski definition) is 2. The van der Waals surface area contributed by atoms with E-state index in [-0.39, 0.29) is 11.7 Å². The number of nitrogens with one attached hydrogen (secondary N) is 1. The van der Waals surface area contributed by atoms with Crippen LogP contribution in [0, 0.1) is 18.7 Å². The maximum atomic E-state index is 15.0. The number of hydrogen-bond acceptors (Lipinski definition) is 4. The molecule has 34 heavy (non-hydrogen) atoms. The van der Waals surface area contributed by atoms with Gasteiger partial charge < -0.3 is 5.73 Å². The van der Waals surface area contributed by atoms with Crippen molar-refractivity contribution in [1.29, 1.82) is 0 Å². The molecule has 1 atom stereocenters. The minimum Gasteiger partial charge on any atom is -0.384 e. The molecule has 0 spiro atoms. The number of anilines is 1. The highest BCUT2D eigenvalue weighted by Crippen LogP contribution is 2.40. The predicted octanol–water partition coefficient (Wildman–Crippen LogP) is 6.66. The van der Waals surface area contributed by atoms with E-state index >= 15 is 4.39 Å². The first-order valence-corrected chi connectivity index (χ1v) is 12.4. The van der Waals surface area contributed by atoms with E-state index in [9.17, 15) is 0 Å². The van der Waals surface area contributed by atoms with Crippen molar-refractivity contribution < 1.29 is 4.39 Å². The minimum atomic E-state index is -0.189. The molecule has 0 aliphatic heterocycles. The molecule has 176 valence electrons. The van der Waals surface area contributed by atoms with Gasteiger partial charge in [-0.15, -0.1) is 5.10 Å². The summed E-state index contributed by atoms with van der Waals surface area (Å²) in [6, 6.07) is 18.1. The number of nitrogens with two attached hydrogens (primary N) is 1. The average molecular weight is 458 g/mol. The van der Waals surface area contributed by atoms with Crippen LogP contribution in [0.1, 0.15) is 79.0 Å². The Labute approximate surface area is 200 Å². The first-order valence-electron chi connectivity index (χ1n) is 12.4. The molecule has 2 aromatic heterocycles. The van der Waals surface area contributed by atoms with Crippen LogP contribution in [0.5, 0.6) is 0 Å². The molecule has 4 aromatic rings. The molecule has 1 aliphatic carbocycles. The Morgan fingerprint density at radius 1 is 1.00 bits per heavy atom. The van der Waals surface area contributed by atoms with Crippen LogP contribution >= 0.6 is 0 Å². The molecule has 1 fully saturated rings. The second-order valence-electron chi connectivity index (χ2n) is 9.77. The molecule has 0 saturated heterocycles. The summed E-state index contributed by atoms with van der Waals surface area (Å²) in [4.78, 5) is 4.28. The molecular formula is C28H32FN5. The molecule has 1 unspecified atom stereocenters. The average Bonchev–Trinajstić information content (AvgIpc) is 3.33. The van der Waals surface area contributed by atoms with Crippen LogP contribution in [-0.2, 0) is 0 Å². The van der Waals surface area contributed by atoms with E-state index < -0.39 is 0 Å². The van der Waals surface area contributed by atoms with Crippen molar-refractivity contribution in [2.45, 2.75) is 63.7 Å². The molecule has 6 heteroatoms. The summed E-state index contributed by atoms with van der Waals surface area (Å²) in [5.41, 5.74) is 11.3. The fourth-order valence-electron chi connectivity index (χ4n) is 5.67. The Balaban J connectivity index is 1.31. The Kier molecular flexibility index (Phi) is 6.57. The quantitative estimate of drug-likeness (QED) is 0.325. The molecule has 5 nitrogen and oxygen atoms in total. The third-order valence-corrected chi connectivity index (χ3v) is 7.47. The van der Waals surface area contributed by atoms with E-state index in [0.29, 0.717) is 28.5 Å². The molecule has 0 radical (unpaired) electrons. The molecule has 0 bridgehead atoms. The summed E-state index contributed by atoms with van der Waals surface area (Å²) in [6.45, 7) is 2.00. The molecule has 1 aliphatic rings.